The smallest absolute Gasteiger partial charge is 0.191 e. The molecule has 2 N–H and O–H groups in total. The van der Waals surface area contributed by atoms with Gasteiger partial charge < -0.3 is 15.4 Å². The summed E-state index contributed by atoms with van der Waals surface area (Å²) in [5.41, 5.74) is 1.55. The number of nitrogens with zero attached hydrogens (tertiary/aromatic N) is 2. The molecule has 156 valence electrons. The first kappa shape index (κ1) is 21.8. The van der Waals surface area contributed by atoms with Gasteiger partial charge in [-0.05, 0) is 24.8 Å². The maximum absolute atomic E-state index is 6.03. The van der Waals surface area contributed by atoms with E-state index in [2.05, 4.69) is 64.7 Å². The zero-order valence-corrected chi connectivity index (χ0v) is 19.7. The Morgan fingerprint density at radius 2 is 2.00 bits per heavy atom. The lowest BCUT2D eigenvalue weighted by Gasteiger charge is -2.60. The molecular formula is C22H35IN4O. The third-order valence-corrected chi connectivity index (χ3v) is 6.71. The monoisotopic (exact) mass is 498 g/mol. The average Bonchev–Trinajstić information content (AvgIpc) is 3.12. The minimum Gasteiger partial charge on any atom is -0.377 e. The number of ether oxygens (including phenoxy) is 1. The van der Waals surface area contributed by atoms with E-state index in [1.165, 1.54) is 18.4 Å². The fourth-order valence-electron chi connectivity index (χ4n) is 5.26. The van der Waals surface area contributed by atoms with Crippen LogP contribution in [0.15, 0.2) is 35.3 Å². The molecule has 1 saturated carbocycles. The Morgan fingerprint density at radius 3 is 2.75 bits per heavy atom. The molecule has 4 atom stereocenters. The number of nitrogens with one attached hydrogen (secondary N) is 2. The third kappa shape index (κ3) is 4.49. The standard InChI is InChI=1S/C22H34N4O.HI/c1-22(2)19(18-10-7-13-27-20(18)22)25-21(23-3)24-17-11-12-26(15-17)14-16-8-5-4-6-9-16;/h4-6,8-9,17-20H,7,10-15H2,1-3H3,(H2,23,24,25);1H. The molecule has 4 unspecified atom stereocenters. The SMILES string of the molecule is CN=C(NC1CCN(Cc2ccccc2)C1)NC1C2CCCOC2C1(C)C.I. The van der Waals surface area contributed by atoms with Gasteiger partial charge in [0.15, 0.2) is 5.96 Å². The number of aliphatic imine (C=N–C) groups is 1. The lowest BCUT2D eigenvalue weighted by atomic mass is 9.55. The lowest BCUT2D eigenvalue weighted by molar-refractivity contribution is -0.188. The van der Waals surface area contributed by atoms with Crippen molar-refractivity contribution in [3.63, 3.8) is 0 Å². The molecule has 1 aromatic rings. The van der Waals surface area contributed by atoms with Crippen LogP contribution in [-0.2, 0) is 11.3 Å². The number of likely N-dealkylation sites (tertiary alicyclic amines) is 1. The van der Waals surface area contributed by atoms with Crippen molar-refractivity contribution in [3.8, 4) is 0 Å². The van der Waals surface area contributed by atoms with Crippen molar-refractivity contribution in [1.29, 1.82) is 0 Å². The number of hydrogen-bond acceptors (Lipinski definition) is 3. The van der Waals surface area contributed by atoms with Crippen LogP contribution in [0, 0.1) is 11.3 Å². The van der Waals surface area contributed by atoms with Crippen LogP contribution in [0.1, 0.15) is 38.7 Å². The number of hydrogen-bond donors (Lipinski definition) is 2. The van der Waals surface area contributed by atoms with E-state index in [1.54, 1.807) is 0 Å². The topological polar surface area (TPSA) is 48.9 Å². The largest absolute Gasteiger partial charge is 0.377 e. The Hall–Kier alpha value is -0.860. The molecule has 3 aliphatic rings. The van der Waals surface area contributed by atoms with Gasteiger partial charge in [-0.2, -0.15) is 0 Å². The molecule has 0 aromatic heterocycles. The summed E-state index contributed by atoms with van der Waals surface area (Å²) in [5, 5.41) is 7.39. The maximum Gasteiger partial charge on any atom is 0.191 e. The Balaban J connectivity index is 0.00000225. The predicted octanol–water partition coefficient (Wildman–Crippen LogP) is 3.25. The van der Waals surface area contributed by atoms with Gasteiger partial charge in [-0.25, -0.2) is 0 Å². The summed E-state index contributed by atoms with van der Waals surface area (Å²) in [6, 6.07) is 11.6. The van der Waals surface area contributed by atoms with E-state index in [4.69, 9.17) is 4.74 Å². The highest BCUT2D eigenvalue weighted by atomic mass is 127. The molecule has 2 saturated heterocycles. The summed E-state index contributed by atoms with van der Waals surface area (Å²) in [5.74, 6) is 1.56. The Bertz CT molecular complexity index is 666. The van der Waals surface area contributed by atoms with E-state index >= 15 is 0 Å². The third-order valence-electron chi connectivity index (χ3n) is 6.71. The first-order valence-corrected chi connectivity index (χ1v) is 10.5. The second-order valence-corrected chi connectivity index (χ2v) is 8.96. The number of fused-ring (bicyclic) bond motifs is 1. The molecule has 5 nitrogen and oxygen atoms in total. The number of guanidine groups is 1. The van der Waals surface area contributed by atoms with Crippen molar-refractivity contribution in [2.24, 2.45) is 16.3 Å². The Labute approximate surface area is 186 Å². The second-order valence-electron chi connectivity index (χ2n) is 8.96. The number of benzene rings is 1. The highest BCUT2D eigenvalue weighted by molar-refractivity contribution is 14.0. The highest BCUT2D eigenvalue weighted by Gasteiger charge is 2.58. The average molecular weight is 498 g/mol. The van der Waals surface area contributed by atoms with Gasteiger partial charge in [0.25, 0.3) is 0 Å². The quantitative estimate of drug-likeness (QED) is 0.380. The maximum atomic E-state index is 6.03. The summed E-state index contributed by atoms with van der Waals surface area (Å²) >= 11 is 0. The van der Waals surface area contributed by atoms with Crippen molar-refractivity contribution < 1.29 is 4.74 Å². The number of rotatable bonds is 4. The molecule has 0 spiro atoms. The molecule has 2 heterocycles. The first-order valence-electron chi connectivity index (χ1n) is 10.5. The molecule has 0 amide bonds. The molecule has 28 heavy (non-hydrogen) atoms. The van der Waals surface area contributed by atoms with E-state index in [0.717, 1.165) is 38.6 Å². The zero-order chi connectivity index (χ0) is 18.9. The summed E-state index contributed by atoms with van der Waals surface area (Å²) in [6.45, 7) is 8.80. The van der Waals surface area contributed by atoms with E-state index in [0.29, 0.717) is 24.1 Å². The molecule has 0 radical (unpaired) electrons. The summed E-state index contributed by atoms with van der Waals surface area (Å²) in [7, 11) is 1.88. The number of halogens is 1. The van der Waals surface area contributed by atoms with E-state index in [-0.39, 0.29) is 29.4 Å². The van der Waals surface area contributed by atoms with Crippen LogP contribution in [0.5, 0.6) is 0 Å². The van der Waals surface area contributed by atoms with Crippen LogP contribution >= 0.6 is 24.0 Å². The second kappa shape index (κ2) is 9.30. The first-order chi connectivity index (χ1) is 13.1. The molecule has 2 aliphatic heterocycles. The van der Waals surface area contributed by atoms with Gasteiger partial charge in [-0.3, -0.25) is 9.89 Å². The van der Waals surface area contributed by atoms with Gasteiger partial charge in [-0.1, -0.05) is 44.2 Å². The van der Waals surface area contributed by atoms with Gasteiger partial charge >= 0.3 is 0 Å². The Morgan fingerprint density at radius 1 is 1.21 bits per heavy atom. The molecule has 3 fully saturated rings. The molecule has 1 aliphatic carbocycles. The van der Waals surface area contributed by atoms with Gasteiger partial charge in [0.1, 0.15) is 0 Å². The molecule has 4 rings (SSSR count). The van der Waals surface area contributed by atoms with Crippen molar-refractivity contribution in [2.45, 2.75) is 57.8 Å². The molecule has 1 aromatic carbocycles. The van der Waals surface area contributed by atoms with Crippen molar-refractivity contribution in [1.82, 2.24) is 15.5 Å². The summed E-state index contributed by atoms with van der Waals surface area (Å²) in [4.78, 5) is 7.05. The van der Waals surface area contributed by atoms with Gasteiger partial charge in [0.05, 0.1) is 6.10 Å². The molecule has 6 heteroatoms. The molecular weight excluding hydrogens is 463 g/mol. The van der Waals surface area contributed by atoms with Crippen LogP contribution in [-0.4, -0.2) is 55.8 Å². The van der Waals surface area contributed by atoms with Crippen LogP contribution in [0.25, 0.3) is 0 Å². The zero-order valence-electron chi connectivity index (χ0n) is 17.4. The highest BCUT2D eigenvalue weighted by Crippen LogP contribution is 2.51. The van der Waals surface area contributed by atoms with Crippen molar-refractivity contribution in [3.05, 3.63) is 35.9 Å². The summed E-state index contributed by atoms with van der Waals surface area (Å²) < 4.78 is 6.03. The van der Waals surface area contributed by atoms with Gasteiger partial charge in [-0.15, -0.1) is 24.0 Å². The normalized spacial score (nSPS) is 32.0. The van der Waals surface area contributed by atoms with E-state index < -0.39 is 0 Å². The Kier molecular flexibility index (Phi) is 7.26. The van der Waals surface area contributed by atoms with Crippen LogP contribution < -0.4 is 10.6 Å². The van der Waals surface area contributed by atoms with Gasteiger partial charge in [0, 0.05) is 56.7 Å². The van der Waals surface area contributed by atoms with E-state index in [9.17, 15) is 0 Å². The lowest BCUT2D eigenvalue weighted by Crippen LogP contribution is -2.71. The fraction of sp³-hybridized carbons (Fsp3) is 0.682. The summed E-state index contributed by atoms with van der Waals surface area (Å²) in [6.07, 6.45) is 4.00. The minimum atomic E-state index is 0. The van der Waals surface area contributed by atoms with Gasteiger partial charge in [0.2, 0.25) is 0 Å². The van der Waals surface area contributed by atoms with Crippen LogP contribution in [0.4, 0.5) is 0 Å². The molecule has 0 bridgehead atoms. The van der Waals surface area contributed by atoms with Crippen LogP contribution in [0.2, 0.25) is 0 Å². The minimum absolute atomic E-state index is 0. The fourth-order valence-corrected chi connectivity index (χ4v) is 5.26. The van der Waals surface area contributed by atoms with Crippen molar-refractivity contribution in [2.75, 3.05) is 26.7 Å². The van der Waals surface area contributed by atoms with E-state index in [1.807, 2.05) is 7.05 Å². The van der Waals surface area contributed by atoms with Crippen LogP contribution in [0.3, 0.4) is 0 Å². The van der Waals surface area contributed by atoms with Crippen molar-refractivity contribution >= 4 is 29.9 Å². The predicted molar refractivity (Wildman–Crippen MR) is 125 cm³/mol.